The molecule has 0 bridgehead atoms. The highest BCUT2D eigenvalue weighted by Gasteiger charge is 2.26. The standard InChI is InChI=1S/C18H27N/c1-4-15-9-17-12-19(11-14-5-6-14)8-7-16(17)10-18(15)13(2)3/h9-10,13-14H,4-8,11-12H2,1-3H3. The summed E-state index contributed by atoms with van der Waals surface area (Å²) in [5.74, 6) is 1.67. The molecule has 0 aromatic heterocycles. The van der Waals surface area contributed by atoms with Crippen molar-refractivity contribution in [2.24, 2.45) is 5.92 Å². The Balaban J connectivity index is 1.83. The van der Waals surface area contributed by atoms with E-state index in [2.05, 4.69) is 37.8 Å². The topological polar surface area (TPSA) is 3.24 Å². The van der Waals surface area contributed by atoms with Crippen LogP contribution in [-0.2, 0) is 19.4 Å². The molecule has 0 N–H and O–H groups in total. The largest absolute Gasteiger partial charge is 0.298 e. The Kier molecular flexibility index (Phi) is 3.66. The highest BCUT2D eigenvalue weighted by molar-refractivity contribution is 5.41. The zero-order chi connectivity index (χ0) is 13.4. The highest BCUT2D eigenvalue weighted by atomic mass is 15.1. The lowest BCUT2D eigenvalue weighted by Gasteiger charge is -2.30. The lowest BCUT2D eigenvalue weighted by atomic mass is 9.88. The van der Waals surface area contributed by atoms with Crippen LogP contribution in [-0.4, -0.2) is 18.0 Å². The Morgan fingerprint density at radius 1 is 1.21 bits per heavy atom. The van der Waals surface area contributed by atoms with Crippen molar-refractivity contribution < 1.29 is 0 Å². The first-order chi connectivity index (χ1) is 9.17. The maximum absolute atomic E-state index is 2.68. The van der Waals surface area contributed by atoms with Crippen LogP contribution in [0.1, 0.15) is 61.8 Å². The first-order valence-electron chi connectivity index (χ1n) is 8.04. The van der Waals surface area contributed by atoms with E-state index in [1.54, 1.807) is 22.3 Å². The highest BCUT2D eigenvalue weighted by Crippen LogP contribution is 2.33. The second-order valence-electron chi connectivity index (χ2n) is 6.76. The van der Waals surface area contributed by atoms with Crippen molar-refractivity contribution in [2.45, 2.75) is 58.9 Å². The summed E-state index contributed by atoms with van der Waals surface area (Å²) in [6.45, 7) is 10.7. The molecule has 1 aliphatic carbocycles. The molecule has 3 rings (SSSR count). The van der Waals surface area contributed by atoms with Crippen molar-refractivity contribution in [3.63, 3.8) is 0 Å². The minimum absolute atomic E-state index is 0.657. The molecule has 1 saturated carbocycles. The SMILES string of the molecule is CCc1cc2c(cc1C(C)C)CCN(CC1CC1)C2. The van der Waals surface area contributed by atoms with E-state index >= 15 is 0 Å². The Hall–Kier alpha value is -0.820. The van der Waals surface area contributed by atoms with Crippen molar-refractivity contribution in [3.05, 3.63) is 34.4 Å². The van der Waals surface area contributed by atoms with Crippen LogP contribution >= 0.6 is 0 Å². The molecule has 0 spiro atoms. The molecule has 1 heterocycles. The van der Waals surface area contributed by atoms with Crippen LogP contribution < -0.4 is 0 Å². The van der Waals surface area contributed by atoms with Crippen molar-refractivity contribution >= 4 is 0 Å². The summed E-state index contributed by atoms with van der Waals surface area (Å²) in [4.78, 5) is 2.68. The van der Waals surface area contributed by atoms with Gasteiger partial charge in [0, 0.05) is 19.6 Å². The van der Waals surface area contributed by atoms with Crippen molar-refractivity contribution in [1.82, 2.24) is 4.90 Å². The molecule has 1 aromatic carbocycles. The van der Waals surface area contributed by atoms with Gasteiger partial charge in [-0.3, -0.25) is 4.90 Å². The molecular weight excluding hydrogens is 230 g/mol. The Morgan fingerprint density at radius 3 is 2.63 bits per heavy atom. The number of nitrogens with zero attached hydrogens (tertiary/aromatic N) is 1. The van der Waals surface area contributed by atoms with E-state index in [0.717, 1.165) is 5.92 Å². The van der Waals surface area contributed by atoms with Crippen LogP contribution in [0.5, 0.6) is 0 Å². The van der Waals surface area contributed by atoms with Crippen molar-refractivity contribution in [1.29, 1.82) is 0 Å². The molecule has 1 aliphatic heterocycles. The van der Waals surface area contributed by atoms with Gasteiger partial charge in [-0.05, 0) is 59.8 Å². The molecule has 0 amide bonds. The van der Waals surface area contributed by atoms with Crippen molar-refractivity contribution in [3.8, 4) is 0 Å². The van der Waals surface area contributed by atoms with Gasteiger partial charge < -0.3 is 0 Å². The quantitative estimate of drug-likeness (QED) is 0.783. The van der Waals surface area contributed by atoms with Gasteiger partial charge in [-0.15, -0.1) is 0 Å². The van der Waals surface area contributed by atoms with E-state index in [1.807, 2.05) is 0 Å². The van der Waals surface area contributed by atoms with Gasteiger partial charge in [0.2, 0.25) is 0 Å². The van der Waals surface area contributed by atoms with Gasteiger partial charge in [-0.25, -0.2) is 0 Å². The van der Waals surface area contributed by atoms with Gasteiger partial charge in [0.25, 0.3) is 0 Å². The fourth-order valence-electron chi connectivity index (χ4n) is 3.40. The summed E-state index contributed by atoms with van der Waals surface area (Å²) < 4.78 is 0. The molecule has 0 atom stereocenters. The number of rotatable bonds is 4. The van der Waals surface area contributed by atoms with Gasteiger partial charge in [-0.1, -0.05) is 32.9 Å². The Bertz CT molecular complexity index is 457. The summed E-state index contributed by atoms with van der Waals surface area (Å²) in [6, 6.07) is 5.01. The summed E-state index contributed by atoms with van der Waals surface area (Å²) in [5, 5.41) is 0. The van der Waals surface area contributed by atoms with Crippen LogP contribution in [0.2, 0.25) is 0 Å². The molecule has 0 radical (unpaired) electrons. The molecule has 0 unspecified atom stereocenters. The average molecular weight is 257 g/mol. The predicted molar refractivity (Wildman–Crippen MR) is 81.6 cm³/mol. The Morgan fingerprint density at radius 2 is 2.00 bits per heavy atom. The molecule has 1 aromatic rings. The fourth-order valence-corrected chi connectivity index (χ4v) is 3.40. The average Bonchev–Trinajstić information content (AvgIpc) is 3.20. The van der Waals surface area contributed by atoms with Crippen LogP contribution in [0.3, 0.4) is 0 Å². The second-order valence-corrected chi connectivity index (χ2v) is 6.76. The minimum atomic E-state index is 0.657. The number of fused-ring (bicyclic) bond motifs is 1. The van der Waals surface area contributed by atoms with Crippen LogP contribution in [0.4, 0.5) is 0 Å². The third-order valence-corrected chi connectivity index (χ3v) is 4.77. The summed E-state index contributed by atoms with van der Waals surface area (Å²) in [7, 11) is 0. The maximum atomic E-state index is 2.68. The first kappa shape index (κ1) is 13.2. The Labute approximate surface area is 118 Å². The summed E-state index contributed by atoms with van der Waals surface area (Å²) in [6.07, 6.45) is 5.36. The van der Waals surface area contributed by atoms with Crippen LogP contribution in [0, 0.1) is 5.92 Å². The van der Waals surface area contributed by atoms with Crippen LogP contribution in [0.25, 0.3) is 0 Å². The molecule has 2 aliphatic rings. The van der Waals surface area contributed by atoms with E-state index in [4.69, 9.17) is 0 Å². The summed E-state index contributed by atoms with van der Waals surface area (Å²) in [5.41, 5.74) is 6.38. The van der Waals surface area contributed by atoms with E-state index in [9.17, 15) is 0 Å². The van der Waals surface area contributed by atoms with E-state index < -0.39 is 0 Å². The molecule has 1 fully saturated rings. The third-order valence-electron chi connectivity index (χ3n) is 4.77. The van der Waals surface area contributed by atoms with E-state index in [0.29, 0.717) is 5.92 Å². The van der Waals surface area contributed by atoms with Crippen LogP contribution in [0.15, 0.2) is 12.1 Å². The number of benzene rings is 1. The van der Waals surface area contributed by atoms with Gasteiger partial charge in [0.15, 0.2) is 0 Å². The number of hydrogen-bond acceptors (Lipinski definition) is 1. The normalized spacial score (nSPS) is 19.8. The number of aryl methyl sites for hydroxylation is 1. The molecule has 104 valence electrons. The third kappa shape index (κ3) is 2.86. The second kappa shape index (κ2) is 5.28. The molecular formula is C18H27N. The fraction of sp³-hybridized carbons (Fsp3) is 0.667. The van der Waals surface area contributed by atoms with E-state index in [1.165, 1.54) is 45.3 Å². The van der Waals surface area contributed by atoms with E-state index in [-0.39, 0.29) is 0 Å². The molecule has 0 saturated heterocycles. The lowest BCUT2D eigenvalue weighted by molar-refractivity contribution is 0.244. The predicted octanol–water partition coefficient (Wildman–Crippen LogP) is 4.14. The molecule has 19 heavy (non-hydrogen) atoms. The minimum Gasteiger partial charge on any atom is -0.298 e. The first-order valence-corrected chi connectivity index (χ1v) is 8.04. The van der Waals surface area contributed by atoms with Gasteiger partial charge in [0.1, 0.15) is 0 Å². The monoisotopic (exact) mass is 257 g/mol. The van der Waals surface area contributed by atoms with Crippen molar-refractivity contribution in [2.75, 3.05) is 13.1 Å². The smallest absolute Gasteiger partial charge is 0.0236 e. The lowest BCUT2D eigenvalue weighted by Crippen LogP contribution is -2.32. The summed E-state index contributed by atoms with van der Waals surface area (Å²) >= 11 is 0. The van der Waals surface area contributed by atoms with Gasteiger partial charge in [-0.2, -0.15) is 0 Å². The van der Waals surface area contributed by atoms with Gasteiger partial charge >= 0.3 is 0 Å². The number of hydrogen-bond donors (Lipinski definition) is 0. The molecule has 1 nitrogen and oxygen atoms in total. The van der Waals surface area contributed by atoms with Gasteiger partial charge in [0.05, 0.1) is 0 Å². The zero-order valence-corrected chi connectivity index (χ0v) is 12.7. The molecule has 1 heteroatoms. The maximum Gasteiger partial charge on any atom is 0.0236 e. The zero-order valence-electron chi connectivity index (χ0n) is 12.7.